The summed E-state index contributed by atoms with van der Waals surface area (Å²) in [6.45, 7) is 2.37. The molecule has 146 valence electrons. The molecule has 0 aliphatic heterocycles. The van der Waals surface area contributed by atoms with E-state index < -0.39 is 0 Å². The number of aryl methyl sites for hydroxylation is 1. The minimum atomic E-state index is -0.351. The third kappa shape index (κ3) is 4.68. The van der Waals surface area contributed by atoms with E-state index in [1.807, 2.05) is 38.5 Å². The Balaban J connectivity index is 1.69. The van der Waals surface area contributed by atoms with Crippen LogP contribution in [0.25, 0.3) is 0 Å². The Morgan fingerprint density at radius 1 is 1.14 bits per heavy atom. The first kappa shape index (κ1) is 19.9. The number of carbonyl (C=O) groups excluding carboxylic acids is 2. The fraction of sp³-hybridized carbons (Fsp3) is 0.238. The highest BCUT2D eigenvalue weighted by molar-refractivity contribution is 7.10. The number of anilines is 1. The van der Waals surface area contributed by atoms with Gasteiger partial charge in [-0.1, -0.05) is 12.1 Å². The van der Waals surface area contributed by atoms with Crippen LogP contribution in [0.3, 0.4) is 0 Å². The molecule has 0 saturated heterocycles. The Bertz CT molecular complexity index is 934. The number of benzene rings is 1. The highest BCUT2D eigenvalue weighted by Gasteiger charge is 2.18. The van der Waals surface area contributed by atoms with E-state index in [0.717, 1.165) is 5.56 Å². The smallest absolute Gasteiger partial charge is 0.291 e. The first-order valence-electron chi connectivity index (χ1n) is 8.89. The van der Waals surface area contributed by atoms with Crippen molar-refractivity contribution in [2.45, 2.75) is 13.0 Å². The highest BCUT2D eigenvalue weighted by Crippen LogP contribution is 2.23. The number of amides is 2. The van der Waals surface area contributed by atoms with Crippen LogP contribution in [-0.2, 0) is 0 Å². The van der Waals surface area contributed by atoms with Gasteiger partial charge in [-0.2, -0.15) is 0 Å². The highest BCUT2D eigenvalue weighted by atomic mass is 32.1. The van der Waals surface area contributed by atoms with Crippen molar-refractivity contribution < 1.29 is 14.0 Å². The van der Waals surface area contributed by atoms with Crippen molar-refractivity contribution in [1.29, 1.82) is 0 Å². The maximum absolute atomic E-state index is 12.7. The van der Waals surface area contributed by atoms with E-state index in [2.05, 4.69) is 21.6 Å². The zero-order valence-corrected chi connectivity index (χ0v) is 16.9. The molecule has 6 nitrogen and oxygen atoms in total. The quantitative estimate of drug-likeness (QED) is 0.633. The fourth-order valence-corrected chi connectivity index (χ4v) is 3.72. The third-order valence-corrected chi connectivity index (χ3v) is 5.42. The second-order valence-electron chi connectivity index (χ2n) is 6.67. The molecule has 3 rings (SSSR count). The summed E-state index contributed by atoms with van der Waals surface area (Å²) in [5.74, 6) is -0.313. The fourth-order valence-electron chi connectivity index (χ4n) is 2.80. The molecule has 2 heterocycles. The van der Waals surface area contributed by atoms with Gasteiger partial charge in [0.2, 0.25) is 0 Å². The lowest BCUT2D eigenvalue weighted by Gasteiger charge is -2.23. The molecule has 0 aliphatic carbocycles. The summed E-state index contributed by atoms with van der Waals surface area (Å²) >= 11 is 1.67. The third-order valence-electron chi connectivity index (χ3n) is 4.44. The molecule has 1 atom stereocenters. The summed E-state index contributed by atoms with van der Waals surface area (Å²) in [7, 11) is 3.98. The second kappa shape index (κ2) is 8.86. The van der Waals surface area contributed by atoms with E-state index in [1.165, 1.54) is 11.1 Å². The van der Waals surface area contributed by atoms with Crippen molar-refractivity contribution in [2.75, 3.05) is 26.0 Å². The van der Waals surface area contributed by atoms with Gasteiger partial charge in [0, 0.05) is 22.7 Å². The van der Waals surface area contributed by atoms with E-state index in [0.29, 0.717) is 17.8 Å². The summed E-state index contributed by atoms with van der Waals surface area (Å²) < 4.78 is 5.11. The standard InChI is InChI=1S/C21H23N3O3S/c1-14-8-9-15(12-16(14)23-21(26)18-6-4-10-27-18)20(25)22-13-17(24(2)3)19-7-5-11-28-19/h4-12,17H,13H2,1-3H3,(H,22,25)(H,23,26). The normalized spacial score (nSPS) is 12.0. The van der Waals surface area contributed by atoms with Crippen LogP contribution in [-0.4, -0.2) is 37.4 Å². The molecule has 1 aromatic carbocycles. The minimum absolute atomic E-state index is 0.104. The summed E-state index contributed by atoms with van der Waals surface area (Å²) in [6.07, 6.45) is 1.44. The number of hydrogen-bond acceptors (Lipinski definition) is 5. The Labute approximate surface area is 168 Å². The Morgan fingerprint density at radius 2 is 1.96 bits per heavy atom. The van der Waals surface area contributed by atoms with Crippen LogP contribution in [0.4, 0.5) is 5.69 Å². The van der Waals surface area contributed by atoms with Crippen molar-refractivity contribution in [2.24, 2.45) is 0 Å². The average Bonchev–Trinajstić information content (AvgIpc) is 3.37. The average molecular weight is 398 g/mol. The van der Waals surface area contributed by atoms with E-state index in [4.69, 9.17) is 4.42 Å². The summed E-state index contributed by atoms with van der Waals surface area (Å²) in [4.78, 5) is 28.2. The number of likely N-dealkylation sites (N-methyl/N-ethyl adjacent to an activating group) is 1. The van der Waals surface area contributed by atoms with Crippen LogP contribution >= 0.6 is 11.3 Å². The van der Waals surface area contributed by atoms with Gasteiger partial charge >= 0.3 is 0 Å². The molecule has 28 heavy (non-hydrogen) atoms. The maximum atomic E-state index is 12.7. The zero-order valence-electron chi connectivity index (χ0n) is 16.1. The molecular weight excluding hydrogens is 374 g/mol. The van der Waals surface area contributed by atoms with Crippen molar-refractivity contribution >= 4 is 28.8 Å². The Hall–Kier alpha value is -2.90. The molecule has 2 N–H and O–H groups in total. The number of furan rings is 1. The number of carbonyl (C=O) groups is 2. The summed E-state index contributed by atoms with van der Waals surface area (Å²) in [5, 5.41) is 7.81. The van der Waals surface area contributed by atoms with Crippen molar-refractivity contribution in [3.05, 3.63) is 75.9 Å². The van der Waals surface area contributed by atoms with Crippen molar-refractivity contribution in [1.82, 2.24) is 10.2 Å². The van der Waals surface area contributed by atoms with Crippen molar-refractivity contribution in [3.63, 3.8) is 0 Å². The molecule has 2 amide bonds. The molecule has 0 aliphatic rings. The van der Waals surface area contributed by atoms with Crippen molar-refractivity contribution in [3.8, 4) is 0 Å². The van der Waals surface area contributed by atoms with Gasteiger partial charge < -0.3 is 20.0 Å². The van der Waals surface area contributed by atoms with Gasteiger partial charge in [0.15, 0.2) is 5.76 Å². The second-order valence-corrected chi connectivity index (χ2v) is 7.65. The maximum Gasteiger partial charge on any atom is 0.291 e. The first-order chi connectivity index (χ1) is 13.5. The molecule has 0 saturated carbocycles. The number of nitrogens with zero attached hydrogens (tertiary/aromatic N) is 1. The number of nitrogens with one attached hydrogen (secondary N) is 2. The van der Waals surface area contributed by atoms with E-state index >= 15 is 0 Å². The molecule has 0 fully saturated rings. The van der Waals surface area contributed by atoms with Gasteiger partial charge in [0.05, 0.1) is 12.3 Å². The molecule has 1 unspecified atom stereocenters. The molecule has 0 spiro atoms. The van der Waals surface area contributed by atoms with Gasteiger partial charge in [-0.3, -0.25) is 9.59 Å². The Kier molecular flexibility index (Phi) is 6.28. The zero-order chi connectivity index (χ0) is 20.1. The van der Waals surface area contributed by atoms with E-state index in [1.54, 1.807) is 35.6 Å². The number of rotatable bonds is 7. The predicted octanol–water partition coefficient (Wildman–Crippen LogP) is 3.93. The van der Waals surface area contributed by atoms with Gasteiger partial charge in [-0.15, -0.1) is 11.3 Å². The molecule has 3 aromatic rings. The van der Waals surface area contributed by atoms with Crippen LogP contribution < -0.4 is 10.6 Å². The summed E-state index contributed by atoms with van der Waals surface area (Å²) in [5.41, 5.74) is 1.93. The van der Waals surface area contributed by atoms with E-state index in [9.17, 15) is 9.59 Å². The van der Waals surface area contributed by atoms with E-state index in [-0.39, 0.29) is 23.6 Å². The Morgan fingerprint density at radius 3 is 2.61 bits per heavy atom. The number of thiophene rings is 1. The van der Waals surface area contributed by atoms with Gasteiger partial charge in [-0.05, 0) is 62.3 Å². The molecule has 2 aromatic heterocycles. The van der Waals surface area contributed by atoms with Crippen LogP contribution in [0.15, 0.2) is 58.5 Å². The lowest BCUT2D eigenvalue weighted by Crippen LogP contribution is -2.34. The van der Waals surface area contributed by atoms with Gasteiger partial charge in [-0.25, -0.2) is 0 Å². The van der Waals surface area contributed by atoms with Gasteiger partial charge in [0.25, 0.3) is 11.8 Å². The lowest BCUT2D eigenvalue weighted by molar-refractivity contribution is 0.0940. The molecular formula is C21H23N3O3S. The topological polar surface area (TPSA) is 74.6 Å². The monoisotopic (exact) mass is 397 g/mol. The predicted molar refractivity (Wildman–Crippen MR) is 111 cm³/mol. The van der Waals surface area contributed by atoms with Crippen LogP contribution in [0.2, 0.25) is 0 Å². The number of hydrogen-bond donors (Lipinski definition) is 2. The SMILES string of the molecule is Cc1ccc(C(=O)NCC(c2cccs2)N(C)C)cc1NC(=O)c1ccco1. The van der Waals surface area contributed by atoms with Crippen LogP contribution in [0.5, 0.6) is 0 Å². The van der Waals surface area contributed by atoms with Gasteiger partial charge in [0.1, 0.15) is 0 Å². The minimum Gasteiger partial charge on any atom is -0.459 e. The largest absolute Gasteiger partial charge is 0.459 e. The first-order valence-corrected chi connectivity index (χ1v) is 9.77. The molecule has 7 heteroatoms. The molecule has 0 bridgehead atoms. The van der Waals surface area contributed by atoms with Crippen LogP contribution in [0, 0.1) is 6.92 Å². The summed E-state index contributed by atoms with van der Waals surface area (Å²) in [6, 6.07) is 12.7. The lowest BCUT2D eigenvalue weighted by atomic mass is 10.1. The van der Waals surface area contributed by atoms with Crippen LogP contribution in [0.1, 0.15) is 37.4 Å². The molecule has 0 radical (unpaired) electrons.